The minimum absolute atomic E-state index is 0.384. The zero-order chi connectivity index (χ0) is 15.7. The first-order chi connectivity index (χ1) is 9.77. The maximum Gasteiger partial charge on any atom is 0.241 e. The summed E-state index contributed by atoms with van der Waals surface area (Å²) in [6, 6.07) is 3.71. The average Bonchev–Trinajstić information content (AvgIpc) is 2.36. The first-order valence-electron chi connectivity index (χ1n) is 7.18. The van der Waals surface area contributed by atoms with E-state index in [1.54, 1.807) is 0 Å². The molecule has 1 aliphatic heterocycles. The van der Waals surface area contributed by atoms with Gasteiger partial charge in [-0.25, -0.2) is 13.1 Å². The standard InChI is InChI=1S/C15H24N2O3S/c1-11-9-13(16-4)10-12(2)14(11)21(18,19)17-15(3)5-7-20-8-6-15/h9-10,16-17H,5-8H2,1-4H3. The summed E-state index contributed by atoms with van der Waals surface area (Å²) in [5, 5.41) is 3.04. The van der Waals surface area contributed by atoms with E-state index in [1.165, 1.54) is 0 Å². The van der Waals surface area contributed by atoms with E-state index in [-0.39, 0.29) is 0 Å². The first kappa shape index (κ1) is 16.3. The monoisotopic (exact) mass is 312 g/mol. The summed E-state index contributed by atoms with van der Waals surface area (Å²) in [6.45, 7) is 6.79. The van der Waals surface area contributed by atoms with Crippen molar-refractivity contribution < 1.29 is 13.2 Å². The van der Waals surface area contributed by atoms with Gasteiger partial charge in [0.15, 0.2) is 0 Å². The molecular formula is C15H24N2O3S. The molecule has 21 heavy (non-hydrogen) atoms. The van der Waals surface area contributed by atoms with Crippen LogP contribution in [-0.2, 0) is 14.8 Å². The van der Waals surface area contributed by atoms with Crippen LogP contribution in [0.3, 0.4) is 0 Å². The van der Waals surface area contributed by atoms with Crippen LogP contribution in [0.25, 0.3) is 0 Å². The lowest BCUT2D eigenvalue weighted by Crippen LogP contribution is -2.49. The molecule has 1 aliphatic rings. The Morgan fingerprint density at radius 1 is 1.14 bits per heavy atom. The lowest BCUT2D eigenvalue weighted by Gasteiger charge is -2.34. The third-order valence-corrected chi connectivity index (χ3v) is 5.94. The number of hydrogen-bond acceptors (Lipinski definition) is 4. The van der Waals surface area contributed by atoms with Gasteiger partial charge in [-0.15, -0.1) is 0 Å². The average molecular weight is 312 g/mol. The number of aryl methyl sites for hydroxylation is 2. The number of nitrogens with one attached hydrogen (secondary N) is 2. The van der Waals surface area contributed by atoms with Crippen molar-refractivity contribution in [3.63, 3.8) is 0 Å². The molecule has 2 N–H and O–H groups in total. The van der Waals surface area contributed by atoms with Crippen LogP contribution in [0.5, 0.6) is 0 Å². The highest BCUT2D eigenvalue weighted by Gasteiger charge is 2.33. The van der Waals surface area contributed by atoms with Gasteiger partial charge in [-0.05, 0) is 56.9 Å². The highest BCUT2D eigenvalue weighted by atomic mass is 32.2. The second-order valence-electron chi connectivity index (χ2n) is 5.97. The lowest BCUT2D eigenvalue weighted by molar-refractivity contribution is 0.0537. The van der Waals surface area contributed by atoms with Crippen molar-refractivity contribution in [3.8, 4) is 0 Å². The fraction of sp³-hybridized carbons (Fsp3) is 0.600. The van der Waals surface area contributed by atoms with Gasteiger partial charge in [0.05, 0.1) is 4.90 Å². The maximum absolute atomic E-state index is 12.8. The van der Waals surface area contributed by atoms with E-state index < -0.39 is 15.6 Å². The molecule has 0 aromatic heterocycles. The Morgan fingerprint density at radius 3 is 2.14 bits per heavy atom. The van der Waals surface area contributed by atoms with Crippen molar-refractivity contribution >= 4 is 15.7 Å². The molecule has 1 saturated heterocycles. The zero-order valence-corrected chi connectivity index (χ0v) is 13.9. The molecule has 1 heterocycles. The maximum atomic E-state index is 12.8. The molecule has 0 radical (unpaired) electrons. The van der Waals surface area contributed by atoms with E-state index in [0.29, 0.717) is 31.0 Å². The minimum atomic E-state index is -3.54. The third-order valence-electron chi connectivity index (χ3n) is 3.99. The van der Waals surface area contributed by atoms with E-state index in [4.69, 9.17) is 4.74 Å². The third kappa shape index (κ3) is 3.56. The van der Waals surface area contributed by atoms with Crippen LogP contribution in [0.1, 0.15) is 30.9 Å². The van der Waals surface area contributed by atoms with Crippen molar-refractivity contribution in [2.24, 2.45) is 0 Å². The summed E-state index contributed by atoms with van der Waals surface area (Å²) in [4.78, 5) is 0.384. The fourth-order valence-corrected chi connectivity index (χ4v) is 4.74. The molecular weight excluding hydrogens is 288 g/mol. The molecule has 0 spiro atoms. The Morgan fingerprint density at radius 2 is 1.67 bits per heavy atom. The number of ether oxygens (including phenoxy) is 1. The van der Waals surface area contributed by atoms with Gasteiger partial charge in [0.25, 0.3) is 0 Å². The molecule has 0 bridgehead atoms. The lowest BCUT2D eigenvalue weighted by atomic mass is 9.94. The zero-order valence-electron chi connectivity index (χ0n) is 13.1. The van der Waals surface area contributed by atoms with Crippen LogP contribution in [0, 0.1) is 13.8 Å². The SMILES string of the molecule is CNc1cc(C)c(S(=O)(=O)NC2(C)CCOCC2)c(C)c1. The van der Waals surface area contributed by atoms with E-state index in [2.05, 4.69) is 10.0 Å². The van der Waals surface area contributed by atoms with E-state index >= 15 is 0 Å². The van der Waals surface area contributed by atoms with Gasteiger partial charge < -0.3 is 10.1 Å². The molecule has 1 aromatic rings. The molecule has 0 aliphatic carbocycles. The quantitative estimate of drug-likeness (QED) is 0.894. The van der Waals surface area contributed by atoms with E-state index in [9.17, 15) is 8.42 Å². The minimum Gasteiger partial charge on any atom is -0.388 e. The van der Waals surface area contributed by atoms with E-state index in [1.807, 2.05) is 40.0 Å². The van der Waals surface area contributed by atoms with Gasteiger partial charge in [0, 0.05) is 31.5 Å². The van der Waals surface area contributed by atoms with Crippen molar-refractivity contribution in [3.05, 3.63) is 23.3 Å². The summed E-state index contributed by atoms with van der Waals surface area (Å²) in [7, 11) is -1.71. The van der Waals surface area contributed by atoms with Crippen molar-refractivity contribution in [1.82, 2.24) is 4.72 Å². The Bertz CT molecular complexity index is 597. The number of rotatable bonds is 4. The number of anilines is 1. The second-order valence-corrected chi connectivity index (χ2v) is 7.59. The van der Waals surface area contributed by atoms with Crippen LogP contribution in [-0.4, -0.2) is 34.2 Å². The van der Waals surface area contributed by atoms with Crippen LogP contribution in [0.4, 0.5) is 5.69 Å². The Kier molecular flexibility index (Phi) is 4.60. The van der Waals surface area contributed by atoms with Crippen molar-refractivity contribution in [2.75, 3.05) is 25.6 Å². The largest absolute Gasteiger partial charge is 0.388 e. The van der Waals surface area contributed by atoms with Gasteiger partial charge in [-0.3, -0.25) is 0 Å². The van der Waals surface area contributed by atoms with Gasteiger partial charge in [0.1, 0.15) is 0 Å². The smallest absolute Gasteiger partial charge is 0.241 e. The Hall–Kier alpha value is -1.11. The topological polar surface area (TPSA) is 67.4 Å². The summed E-state index contributed by atoms with van der Waals surface area (Å²) in [5.41, 5.74) is 1.99. The number of benzene rings is 1. The molecule has 0 unspecified atom stereocenters. The molecule has 0 saturated carbocycles. The summed E-state index contributed by atoms with van der Waals surface area (Å²) >= 11 is 0. The molecule has 1 aromatic carbocycles. The number of hydrogen-bond donors (Lipinski definition) is 2. The molecule has 2 rings (SSSR count). The fourth-order valence-electron chi connectivity index (χ4n) is 2.82. The van der Waals surface area contributed by atoms with Gasteiger partial charge in [0.2, 0.25) is 10.0 Å². The van der Waals surface area contributed by atoms with Gasteiger partial charge >= 0.3 is 0 Å². The predicted molar refractivity (Wildman–Crippen MR) is 84.2 cm³/mol. The normalized spacial score (nSPS) is 18.5. The highest BCUT2D eigenvalue weighted by molar-refractivity contribution is 7.89. The first-order valence-corrected chi connectivity index (χ1v) is 8.66. The molecule has 1 fully saturated rings. The summed E-state index contributed by atoms with van der Waals surface area (Å²) in [6.07, 6.45) is 1.39. The molecule has 6 heteroatoms. The highest BCUT2D eigenvalue weighted by Crippen LogP contribution is 2.28. The molecule has 0 amide bonds. The van der Waals surface area contributed by atoms with Crippen molar-refractivity contribution in [1.29, 1.82) is 0 Å². The Labute approximate surface area is 127 Å². The molecule has 5 nitrogen and oxygen atoms in total. The number of sulfonamides is 1. The van der Waals surface area contributed by atoms with Crippen molar-refractivity contribution in [2.45, 2.75) is 44.0 Å². The van der Waals surface area contributed by atoms with E-state index in [0.717, 1.165) is 16.8 Å². The summed E-state index contributed by atoms with van der Waals surface area (Å²) in [5.74, 6) is 0. The van der Waals surface area contributed by atoms with Crippen LogP contribution >= 0.6 is 0 Å². The van der Waals surface area contributed by atoms with Gasteiger partial charge in [-0.1, -0.05) is 0 Å². The molecule has 118 valence electrons. The van der Waals surface area contributed by atoms with Crippen LogP contribution in [0.2, 0.25) is 0 Å². The van der Waals surface area contributed by atoms with Crippen LogP contribution in [0.15, 0.2) is 17.0 Å². The predicted octanol–water partition coefficient (Wildman–Crippen LogP) is 2.19. The molecule has 0 atom stereocenters. The second kappa shape index (κ2) is 5.94. The summed E-state index contributed by atoms with van der Waals surface area (Å²) < 4.78 is 33.7. The Balaban J connectivity index is 2.36. The van der Waals surface area contributed by atoms with Gasteiger partial charge in [-0.2, -0.15) is 0 Å². The van der Waals surface area contributed by atoms with Crippen LogP contribution < -0.4 is 10.0 Å².